The first-order valence-corrected chi connectivity index (χ1v) is 9.44. The number of aliphatic hydroxyl groups excluding tert-OH is 1. The van der Waals surface area contributed by atoms with E-state index in [1.54, 1.807) is 17.7 Å². The van der Waals surface area contributed by atoms with E-state index in [1.807, 2.05) is 54.6 Å². The second-order valence-corrected chi connectivity index (χ2v) is 6.95. The number of aryl methyl sites for hydroxylation is 1. The van der Waals surface area contributed by atoms with E-state index in [0.29, 0.717) is 5.69 Å². The van der Waals surface area contributed by atoms with Crippen LogP contribution in [0, 0.1) is 0 Å². The first-order valence-electron chi connectivity index (χ1n) is 9.44. The quantitative estimate of drug-likeness (QED) is 0.444. The monoisotopic (exact) mass is 409 g/mol. The smallest absolute Gasteiger partial charge is 0.328 e. The summed E-state index contributed by atoms with van der Waals surface area (Å²) in [6.07, 6.45) is 0.167. The summed E-state index contributed by atoms with van der Waals surface area (Å²) in [5.41, 5.74) is 2.04. The number of carboxylic acid groups (broad SMARTS) is 1. The van der Waals surface area contributed by atoms with Gasteiger partial charge in [-0.25, -0.2) is 4.79 Å². The van der Waals surface area contributed by atoms with Crippen molar-refractivity contribution in [1.82, 2.24) is 15.2 Å². The fraction of sp³-hybridized carbons (Fsp3) is 0.227. The van der Waals surface area contributed by atoms with E-state index in [9.17, 15) is 19.5 Å². The van der Waals surface area contributed by atoms with Gasteiger partial charge in [-0.1, -0.05) is 48.5 Å². The molecule has 0 unspecified atom stereocenters. The highest BCUT2D eigenvalue weighted by Crippen LogP contribution is 2.18. The van der Waals surface area contributed by atoms with E-state index in [4.69, 9.17) is 5.11 Å². The maximum atomic E-state index is 13.0. The molecule has 0 bridgehead atoms. The van der Waals surface area contributed by atoms with E-state index in [2.05, 4.69) is 10.6 Å². The summed E-state index contributed by atoms with van der Waals surface area (Å²) in [4.78, 5) is 36.9. The maximum absolute atomic E-state index is 13.0. The number of aromatic nitrogens is 1. The van der Waals surface area contributed by atoms with Crippen molar-refractivity contribution in [3.05, 3.63) is 71.9 Å². The number of aliphatic hydroxyl groups is 1. The lowest BCUT2D eigenvalue weighted by atomic mass is 10.0. The highest BCUT2D eigenvalue weighted by atomic mass is 16.4. The van der Waals surface area contributed by atoms with Gasteiger partial charge in [0, 0.05) is 24.4 Å². The van der Waals surface area contributed by atoms with Crippen molar-refractivity contribution >= 4 is 28.7 Å². The van der Waals surface area contributed by atoms with Gasteiger partial charge in [0.1, 0.15) is 17.8 Å². The molecule has 1 heterocycles. The third-order valence-electron chi connectivity index (χ3n) is 4.89. The van der Waals surface area contributed by atoms with Gasteiger partial charge in [0.25, 0.3) is 5.91 Å². The first kappa shape index (κ1) is 21.1. The molecule has 3 aromatic rings. The Bertz CT molecular complexity index is 1060. The predicted molar refractivity (Wildman–Crippen MR) is 111 cm³/mol. The van der Waals surface area contributed by atoms with Gasteiger partial charge in [-0.2, -0.15) is 0 Å². The van der Waals surface area contributed by atoms with Crippen LogP contribution in [-0.2, 0) is 23.1 Å². The lowest BCUT2D eigenvalue weighted by molar-refractivity contribution is -0.143. The zero-order valence-corrected chi connectivity index (χ0v) is 16.4. The van der Waals surface area contributed by atoms with E-state index in [0.717, 1.165) is 16.5 Å². The number of rotatable bonds is 8. The van der Waals surface area contributed by atoms with Crippen molar-refractivity contribution in [3.63, 3.8) is 0 Å². The van der Waals surface area contributed by atoms with Crippen molar-refractivity contribution < 1.29 is 24.6 Å². The topological polar surface area (TPSA) is 121 Å². The van der Waals surface area contributed by atoms with Crippen LogP contribution in [0.3, 0.4) is 0 Å². The number of fused-ring (bicyclic) bond motifs is 1. The molecule has 8 heteroatoms. The van der Waals surface area contributed by atoms with Crippen molar-refractivity contribution in [2.24, 2.45) is 7.05 Å². The Morgan fingerprint density at radius 1 is 0.967 bits per heavy atom. The second-order valence-electron chi connectivity index (χ2n) is 6.95. The van der Waals surface area contributed by atoms with E-state index in [1.165, 1.54) is 0 Å². The molecule has 0 saturated heterocycles. The Balaban J connectivity index is 1.85. The summed E-state index contributed by atoms with van der Waals surface area (Å²) in [5.74, 6) is -2.50. The molecule has 3 rings (SSSR count). The van der Waals surface area contributed by atoms with Crippen LogP contribution in [0.5, 0.6) is 0 Å². The molecule has 4 N–H and O–H groups in total. The van der Waals surface area contributed by atoms with Gasteiger partial charge in [0.15, 0.2) is 0 Å². The number of para-hydroxylation sites is 1. The Morgan fingerprint density at radius 2 is 1.63 bits per heavy atom. The molecule has 0 aliphatic rings. The lowest BCUT2D eigenvalue weighted by Gasteiger charge is -2.21. The Kier molecular flexibility index (Phi) is 6.48. The van der Waals surface area contributed by atoms with Gasteiger partial charge in [-0.05, 0) is 17.7 Å². The molecule has 0 radical (unpaired) electrons. The molecule has 1 aromatic heterocycles. The van der Waals surface area contributed by atoms with E-state index in [-0.39, 0.29) is 6.42 Å². The Labute approximate surface area is 173 Å². The minimum atomic E-state index is -1.45. The van der Waals surface area contributed by atoms with Crippen molar-refractivity contribution in [2.75, 3.05) is 6.61 Å². The van der Waals surface area contributed by atoms with Crippen molar-refractivity contribution in [1.29, 1.82) is 0 Å². The lowest BCUT2D eigenvalue weighted by Crippen LogP contribution is -2.53. The number of aliphatic carboxylic acids is 1. The number of benzene rings is 2. The summed E-state index contributed by atoms with van der Waals surface area (Å²) in [6.45, 7) is -0.754. The van der Waals surface area contributed by atoms with E-state index < -0.39 is 36.5 Å². The summed E-state index contributed by atoms with van der Waals surface area (Å²) in [6, 6.07) is 15.8. The fourth-order valence-corrected chi connectivity index (χ4v) is 3.26. The number of hydrogen-bond acceptors (Lipinski definition) is 4. The molecule has 2 aromatic carbocycles. The molecular weight excluding hydrogens is 386 g/mol. The van der Waals surface area contributed by atoms with Gasteiger partial charge in [0.2, 0.25) is 5.91 Å². The predicted octanol–water partition coefficient (Wildman–Crippen LogP) is 1.08. The van der Waals surface area contributed by atoms with Gasteiger partial charge < -0.3 is 25.4 Å². The molecule has 0 spiro atoms. The molecule has 30 heavy (non-hydrogen) atoms. The number of carbonyl (C=O) groups excluding carboxylic acids is 2. The zero-order valence-electron chi connectivity index (χ0n) is 16.4. The molecule has 2 amide bonds. The molecule has 0 aliphatic heterocycles. The summed E-state index contributed by atoms with van der Waals surface area (Å²) in [7, 11) is 1.76. The number of nitrogens with one attached hydrogen (secondary N) is 2. The molecule has 156 valence electrons. The average molecular weight is 409 g/mol. The standard InChI is InChI=1S/C22H23N3O5/c1-25-18-10-6-5-9-15(18)12-19(25)21(28)23-16(11-14-7-3-2-4-8-14)20(27)24-17(13-26)22(29)30/h2-10,12,16-17,26H,11,13H2,1H3,(H,23,28)(H,24,27)(H,29,30)/t16-,17-/m0/s1. The molecular formula is C22H23N3O5. The van der Waals surface area contributed by atoms with Crippen LogP contribution in [0.1, 0.15) is 16.1 Å². The average Bonchev–Trinajstić information content (AvgIpc) is 3.08. The van der Waals surface area contributed by atoms with Crippen LogP contribution in [0.25, 0.3) is 10.9 Å². The SMILES string of the molecule is Cn1c(C(=O)N[C@@H](Cc2ccccc2)C(=O)N[C@@H](CO)C(=O)O)cc2ccccc21. The van der Waals surface area contributed by atoms with Crippen LogP contribution in [-0.4, -0.2) is 51.3 Å². The minimum Gasteiger partial charge on any atom is -0.480 e. The molecule has 0 fully saturated rings. The van der Waals surface area contributed by atoms with Crippen molar-refractivity contribution in [2.45, 2.75) is 18.5 Å². The van der Waals surface area contributed by atoms with E-state index >= 15 is 0 Å². The largest absolute Gasteiger partial charge is 0.480 e. The van der Waals surface area contributed by atoms with Crippen LogP contribution < -0.4 is 10.6 Å². The summed E-state index contributed by atoms with van der Waals surface area (Å²) in [5, 5.41) is 24.2. The normalized spacial score (nSPS) is 12.9. The fourth-order valence-electron chi connectivity index (χ4n) is 3.26. The van der Waals surface area contributed by atoms with Gasteiger partial charge in [-0.15, -0.1) is 0 Å². The Morgan fingerprint density at radius 3 is 2.27 bits per heavy atom. The minimum absolute atomic E-state index is 0.167. The number of carboxylic acids is 1. The van der Waals surface area contributed by atoms with Crippen LogP contribution in [0.15, 0.2) is 60.7 Å². The van der Waals surface area contributed by atoms with Crippen molar-refractivity contribution in [3.8, 4) is 0 Å². The number of carbonyl (C=O) groups is 3. The van der Waals surface area contributed by atoms with Gasteiger partial charge in [0.05, 0.1) is 6.61 Å². The first-order chi connectivity index (χ1) is 14.4. The highest BCUT2D eigenvalue weighted by Gasteiger charge is 2.27. The maximum Gasteiger partial charge on any atom is 0.328 e. The van der Waals surface area contributed by atoms with Crippen LogP contribution >= 0.6 is 0 Å². The highest BCUT2D eigenvalue weighted by molar-refractivity contribution is 6.01. The molecule has 0 saturated carbocycles. The summed E-state index contributed by atoms with van der Waals surface area (Å²) < 4.78 is 1.73. The van der Waals surface area contributed by atoms with Crippen LogP contribution in [0.2, 0.25) is 0 Å². The molecule has 2 atom stereocenters. The van der Waals surface area contributed by atoms with Gasteiger partial charge >= 0.3 is 5.97 Å². The third-order valence-corrected chi connectivity index (χ3v) is 4.89. The molecule has 0 aliphatic carbocycles. The molecule has 8 nitrogen and oxygen atoms in total. The number of hydrogen-bond donors (Lipinski definition) is 4. The third kappa shape index (κ3) is 4.66. The zero-order chi connectivity index (χ0) is 21.7. The second kappa shape index (κ2) is 9.23. The van der Waals surface area contributed by atoms with Gasteiger partial charge in [-0.3, -0.25) is 9.59 Å². The summed E-state index contributed by atoms with van der Waals surface area (Å²) >= 11 is 0. The Hall–Kier alpha value is -3.65. The van der Waals surface area contributed by atoms with Crippen LogP contribution in [0.4, 0.5) is 0 Å². The number of amides is 2. The number of nitrogens with zero attached hydrogens (tertiary/aromatic N) is 1.